The van der Waals surface area contributed by atoms with Crippen molar-refractivity contribution in [3.05, 3.63) is 36.5 Å². The third-order valence-corrected chi connectivity index (χ3v) is 2.73. The highest BCUT2D eigenvalue weighted by Gasteiger charge is 2.11. The van der Waals surface area contributed by atoms with Gasteiger partial charge in [-0.3, -0.25) is 4.90 Å². The molecule has 1 heteroatoms. The van der Waals surface area contributed by atoms with Gasteiger partial charge in [0.15, 0.2) is 0 Å². The van der Waals surface area contributed by atoms with Gasteiger partial charge in [0.2, 0.25) is 0 Å². The number of rotatable bonds is 7. The van der Waals surface area contributed by atoms with Gasteiger partial charge in [-0.05, 0) is 25.9 Å². The summed E-state index contributed by atoms with van der Waals surface area (Å²) in [6.07, 6.45) is 11.1. The van der Waals surface area contributed by atoms with Crippen LogP contribution in [0.2, 0.25) is 0 Å². The molecule has 1 nitrogen and oxygen atoms in total. The van der Waals surface area contributed by atoms with Gasteiger partial charge in [-0.15, -0.1) is 0 Å². The summed E-state index contributed by atoms with van der Waals surface area (Å²) in [6, 6.07) is 0. The minimum atomic E-state index is 0.473. The lowest BCUT2D eigenvalue weighted by atomic mass is 10.0. The van der Waals surface area contributed by atoms with Crippen molar-refractivity contribution >= 4 is 0 Å². The Bertz CT molecular complexity index is 232. The average molecular weight is 205 g/mol. The molecule has 15 heavy (non-hydrogen) atoms. The smallest absolute Gasteiger partial charge is 0.0199 e. The van der Waals surface area contributed by atoms with Crippen LogP contribution in [0.1, 0.15) is 26.7 Å². The third-order valence-electron chi connectivity index (χ3n) is 2.73. The molecule has 0 saturated heterocycles. The second-order valence-electron chi connectivity index (χ2n) is 4.23. The van der Waals surface area contributed by atoms with E-state index >= 15 is 0 Å². The Morgan fingerprint density at radius 3 is 2.13 bits per heavy atom. The lowest BCUT2D eigenvalue weighted by Gasteiger charge is -2.23. The van der Waals surface area contributed by atoms with Crippen molar-refractivity contribution in [3.63, 3.8) is 0 Å². The first-order valence-corrected chi connectivity index (χ1v) is 6.03. The summed E-state index contributed by atoms with van der Waals surface area (Å²) in [5.41, 5.74) is 1.32. The average Bonchev–Trinajstić information content (AvgIpc) is 2.71. The highest BCUT2D eigenvalue weighted by Crippen LogP contribution is 2.18. The molecular formula is C14H23N. The fraction of sp³-hybridized carbons (Fsp3) is 0.571. The molecule has 0 aromatic rings. The van der Waals surface area contributed by atoms with Crippen molar-refractivity contribution < 1.29 is 0 Å². The summed E-state index contributed by atoms with van der Waals surface area (Å²) < 4.78 is 0. The van der Waals surface area contributed by atoms with Crippen molar-refractivity contribution in [3.8, 4) is 0 Å². The Morgan fingerprint density at radius 2 is 1.67 bits per heavy atom. The molecular weight excluding hydrogens is 182 g/mol. The predicted molar refractivity (Wildman–Crippen MR) is 67.9 cm³/mol. The maximum Gasteiger partial charge on any atom is 0.0199 e. The summed E-state index contributed by atoms with van der Waals surface area (Å²) in [7, 11) is 0. The van der Waals surface area contributed by atoms with E-state index in [4.69, 9.17) is 0 Å². The minimum Gasteiger partial charge on any atom is -0.299 e. The van der Waals surface area contributed by atoms with Gasteiger partial charge in [-0.2, -0.15) is 0 Å². The van der Waals surface area contributed by atoms with E-state index in [0.29, 0.717) is 5.92 Å². The number of allylic oxidation sites excluding steroid dienone is 4. The van der Waals surface area contributed by atoms with Crippen LogP contribution in [0.5, 0.6) is 0 Å². The second-order valence-corrected chi connectivity index (χ2v) is 4.23. The zero-order valence-electron chi connectivity index (χ0n) is 10.1. The van der Waals surface area contributed by atoms with Crippen molar-refractivity contribution in [1.82, 2.24) is 4.90 Å². The Hall–Kier alpha value is -0.820. The molecule has 0 heterocycles. The first kappa shape index (κ1) is 12.3. The van der Waals surface area contributed by atoms with E-state index in [2.05, 4.69) is 49.6 Å². The highest BCUT2D eigenvalue weighted by atomic mass is 15.1. The van der Waals surface area contributed by atoms with Gasteiger partial charge in [-0.25, -0.2) is 0 Å². The highest BCUT2D eigenvalue weighted by molar-refractivity contribution is 5.27. The Kier molecular flexibility index (Phi) is 5.41. The third kappa shape index (κ3) is 4.05. The number of hydrogen-bond acceptors (Lipinski definition) is 1. The van der Waals surface area contributed by atoms with Gasteiger partial charge >= 0.3 is 0 Å². The van der Waals surface area contributed by atoms with E-state index in [0.717, 1.165) is 6.54 Å². The molecule has 0 aromatic carbocycles. The van der Waals surface area contributed by atoms with Crippen LogP contribution < -0.4 is 0 Å². The Morgan fingerprint density at radius 1 is 1.13 bits per heavy atom. The molecule has 0 fully saturated rings. The topological polar surface area (TPSA) is 3.24 Å². The SMILES string of the molecule is C=C(CN(CCC)CCC)C1C=CC=C1. The summed E-state index contributed by atoms with van der Waals surface area (Å²) in [5.74, 6) is 0.473. The largest absolute Gasteiger partial charge is 0.299 e. The van der Waals surface area contributed by atoms with E-state index in [1.807, 2.05) is 0 Å². The lowest BCUT2D eigenvalue weighted by Crippen LogP contribution is -2.28. The first-order valence-electron chi connectivity index (χ1n) is 6.03. The van der Waals surface area contributed by atoms with Gasteiger partial charge in [-0.1, -0.05) is 50.3 Å². The summed E-state index contributed by atoms with van der Waals surface area (Å²) >= 11 is 0. The van der Waals surface area contributed by atoms with Crippen LogP contribution in [0, 0.1) is 5.92 Å². The van der Waals surface area contributed by atoms with Gasteiger partial charge in [0.05, 0.1) is 0 Å². The fourth-order valence-electron chi connectivity index (χ4n) is 2.00. The molecule has 0 unspecified atom stereocenters. The molecule has 1 aliphatic carbocycles. The summed E-state index contributed by atoms with van der Waals surface area (Å²) in [5, 5.41) is 0. The molecule has 0 bridgehead atoms. The standard InChI is InChI=1S/C14H23N/c1-4-10-15(11-5-2)12-13(3)14-8-6-7-9-14/h6-9,14H,3-5,10-12H2,1-2H3. The molecule has 0 amide bonds. The Balaban J connectivity index is 2.39. The molecule has 0 saturated carbocycles. The molecule has 0 atom stereocenters. The van der Waals surface area contributed by atoms with Gasteiger partial charge in [0, 0.05) is 12.5 Å². The van der Waals surface area contributed by atoms with Gasteiger partial charge < -0.3 is 0 Å². The monoisotopic (exact) mass is 205 g/mol. The van der Waals surface area contributed by atoms with Gasteiger partial charge in [0.25, 0.3) is 0 Å². The molecule has 0 N–H and O–H groups in total. The zero-order chi connectivity index (χ0) is 11.1. The van der Waals surface area contributed by atoms with Crippen molar-refractivity contribution in [2.45, 2.75) is 26.7 Å². The molecule has 0 spiro atoms. The molecule has 0 radical (unpaired) electrons. The van der Waals surface area contributed by atoms with Crippen LogP contribution in [-0.2, 0) is 0 Å². The van der Waals surface area contributed by atoms with Crippen LogP contribution in [0.15, 0.2) is 36.5 Å². The zero-order valence-corrected chi connectivity index (χ0v) is 10.1. The van der Waals surface area contributed by atoms with E-state index in [9.17, 15) is 0 Å². The molecule has 0 aromatic heterocycles. The van der Waals surface area contributed by atoms with Crippen molar-refractivity contribution in [2.75, 3.05) is 19.6 Å². The van der Waals surface area contributed by atoms with E-state index in [1.54, 1.807) is 0 Å². The van der Waals surface area contributed by atoms with Gasteiger partial charge in [0.1, 0.15) is 0 Å². The summed E-state index contributed by atoms with van der Waals surface area (Å²) in [4.78, 5) is 2.50. The fourth-order valence-corrected chi connectivity index (χ4v) is 2.00. The number of hydrogen-bond donors (Lipinski definition) is 0. The van der Waals surface area contributed by atoms with Crippen molar-refractivity contribution in [2.24, 2.45) is 5.92 Å². The molecule has 1 aliphatic rings. The number of nitrogens with zero attached hydrogens (tertiary/aromatic N) is 1. The van der Waals surface area contributed by atoms with Crippen molar-refractivity contribution in [1.29, 1.82) is 0 Å². The Labute approximate surface area is 94.2 Å². The first-order chi connectivity index (χ1) is 7.27. The molecule has 84 valence electrons. The van der Waals surface area contributed by atoms with Crippen LogP contribution in [0.4, 0.5) is 0 Å². The normalized spacial score (nSPS) is 15.4. The van der Waals surface area contributed by atoms with Crippen LogP contribution in [0.3, 0.4) is 0 Å². The van der Waals surface area contributed by atoms with Crippen LogP contribution in [0.25, 0.3) is 0 Å². The second kappa shape index (κ2) is 6.62. The van der Waals surface area contributed by atoms with E-state index < -0.39 is 0 Å². The minimum absolute atomic E-state index is 0.473. The van der Waals surface area contributed by atoms with Crippen LogP contribution >= 0.6 is 0 Å². The summed E-state index contributed by atoms with van der Waals surface area (Å²) in [6.45, 7) is 12.1. The molecule has 0 aliphatic heterocycles. The van der Waals surface area contributed by atoms with Crippen LogP contribution in [-0.4, -0.2) is 24.5 Å². The predicted octanol–water partition coefficient (Wildman–Crippen LogP) is 3.41. The van der Waals surface area contributed by atoms with E-state index in [1.165, 1.54) is 31.5 Å². The quantitative estimate of drug-likeness (QED) is 0.576. The maximum absolute atomic E-state index is 4.20. The molecule has 1 rings (SSSR count). The van der Waals surface area contributed by atoms with E-state index in [-0.39, 0.29) is 0 Å². The maximum atomic E-state index is 4.20. The lowest BCUT2D eigenvalue weighted by molar-refractivity contribution is 0.293.